The molecule has 0 radical (unpaired) electrons. The van der Waals surface area contributed by atoms with Crippen molar-refractivity contribution >= 4 is 23.5 Å². The predicted molar refractivity (Wildman–Crippen MR) is 163 cm³/mol. The van der Waals surface area contributed by atoms with E-state index in [2.05, 4.69) is 27.7 Å². The second-order valence-electron chi connectivity index (χ2n) is 17.0. The molecule has 0 aromatic rings. The van der Waals surface area contributed by atoms with Gasteiger partial charge in [-0.1, -0.05) is 34.1 Å². The summed E-state index contributed by atoms with van der Waals surface area (Å²) in [6, 6.07) is 0. The normalized spacial score (nSPS) is 52.5. The zero-order chi connectivity index (χ0) is 31.4. The highest BCUT2D eigenvalue weighted by molar-refractivity contribution is 6.03. The monoisotopic (exact) mass is 610 g/mol. The lowest BCUT2D eigenvalue weighted by molar-refractivity contribution is -0.226. The van der Waals surface area contributed by atoms with Crippen LogP contribution in [0.25, 0.3) is 0 Å². The first kappa shape index (κ1) is 30.9. The SMILES string of the molecule is CC(=O)OC1C(CCC23CCCC2C2CCC4C5(C)CCC(=O)C(C)C5CCC4(C)[C@]2(C)CC3)OC2C(=O)C2C1OC(C)=O. The molecule has 1 heterocycles. The van der Waals surface area contributed by atoms with Crippen LogP contribution >= 0.6 is 0 Å². The van der Waals surface area contributed by atoms with E-state index >= 15 is 0 Å². The van der Waals surface area contributed by atoms with Gasteiger partial charge in [-0.15, -0.1) is 0 Å². The van der Waals surface area contributed by atoms with Crippen LogP contribution in [0.1, 0.15) is 125 Å². The fraction of sp³-hybridized carbons (Fsp3) is 0.892. The maximum Gasteiger partial charge on any atom is 0.303 e. The Morgan fingerprint density at radius 1 is 0.818 bits per heavy atom. The van der Waals surface area contributed by atoms with Gasteiger partial charge in [0.2, 0.25) is 0 Å². The van der Waals surface area contributed by atoms with Crippen LogP contribution < -0.4 is 0 Å². The van der Waals surface area contributed by atoms with Gasteiger partial charge in [0.25, 0.3) is 0 Å². The fourth-order valence-corrected chi connectivity index (χ4v) is 13.3. The first-order chi connectivity index (χ1) is 20.8. The maximum absolute atomic E-state index is 12.8. The van der Waals surface area contributed by atoms with Gasteiger partial charge in [-0.3, -0.25) is 19.2 Å². The van der Waals surface area contributed by atoms with Crippen LogP contribution in [0.4, 0.5) is 0 Å². The Balaban J connectivity index is 1.12. The van der Waals surface area contributed by atoms with Crippen molar-refractivity contribution in [3.05, 3.63) is 0 Å². The molecule has 7 nitrogen and oxygen atoms in total. The van der Waals surface area contributed by atoms with Gasteiger partial charge in [-0.2, -0.15) is 0 Å². The van der Waals surface area contributed by atoms with Crippen LogP contribution in [0.3, 0.4) is 0 Å². The van der Waals surface area contributed by atoms with Crippen molar-refractivity contribution in [2.75, 3.05) is 0 Å². The van der Waals surface area contributed by atoms with Crippen LogP contribution in [-0.2, 0) is 33.4 Å². The Kier molecular flexibility index (Phi) is 7.28. The summed E-state index contributed by atoms with van der Waals surface area (Å²) >= 11 is 0. The number of rotatable bonds is 5. The third-order valence-electron chi connectivity index (χ3n) is 15.6. The molecule has 7 aliphatic rings. The number of fused-ring (bicyclic) bond motifs is 8. The molecule has 1 saturated heterocycles. The smallest absolute Gasteiger partial charge is 0.303 e. The quantitative estimate of drug-likeness (QED) is 0.323. The minimum atomic E-state index is -0.760. The highest BCUT2D eigenvalue weighted by atomic mass is 16.6. The summed E-state index contributed by atoms with van der Waals surface area (Å²) in [6.07, 6.45) is 12.3. The third kappa shape index (κ3) is 4.29. The molecule has 44 heavy (non-hydrogen) atoms. The number of hydrogen-bond acceptors (Lipinski definition) is 7. The average molecular weight is 611 g/mol. The van der Waals surface area contributed by atoms with Crippen LogP contribution in [0.15, 0.2) is 0 Å². The lowest BCUT2D eigenvalue weighted by atomic mass is 9.33. The van der Waals surface area contributed by atoms with Crippen molar-refractivity contribution < 1.29 is 33.4 Å². The predicted octanol–water partition coefficient (Wildman–Crippen LogP) is 6.63. The van der Waals surface area contributed by atoms with Crippen molar-refractivity contribution in [3.8, 4) is 0 Å². The zero-order valence-corrected chi connectivity index (χ0v) is 27.8. The van der Waals surface area contributed by atoms with Gasteiger partial charge in [0, 0.05) is 26.2 Å². The molecular weight excluding hydrogens is 556 g/mol. The number of carbonyl (C=O) groups is 4. The summed E-state index contributed by atoms with van der Waals surface area (Å²) in [5, 5.41) is 0. The number of carbonyl (C=O) groups excluding carboxylic acids is 4. The standard InChI is InChI=1S/C37H54O7/c1-20-23-11-16-36(6)28(34(23,4)15-12-26(20)40)10-9-24-25-8-7-14-37(25,19-18-35(24,36)5)17-13-27-31(42-21(2)38)33(43-22(3)39)29-30(41)32(29)44-27/h20,23-25,27-29,31-33H,7-19H2,1-6H3/t20?,23?,24?,25?,27?,28?,29?,31?,32?,33?,34?,35-,36?,37?/m1/s1. The van der Waals surface area contributed by atoms with Gasteiger partial charge in [0.1, 0.15) is 11.9 Å². The first-order valence-corrected chi connectivity index (χ1v) is 17.8. The lowest BCUT2D eigenvalue weighted by Gasteiger charge is -2.71. The van der Waals surface area contributed by atoms with Crippen molar-refractivity contribution in [3.63, 3.8) is 0 Å². The van der Waals surface area contributed by atoms with Crippen molar-refractivity contribution in [1.29, 1.82) is 0 Å². The summed E-state index contributed by atoms with van der Waals surface area (Å²) < 4.78 is 17.6. The Morgan fingerprint density at radius 3 is 2.27 bits per heavy atom. The van der Waals surface area contributed by atoms with Gasteiger partial charge in [0.05, 0.1) is 12.0 Å². The minimum absolute atomic E-state index is 0.0496. The number of esters is 2. The molecule has 0 bridgehead atoms. The molecule has 6 aliphatic carbocycles. The molecule has 7 rings (SSSR count). The number of ketones is 2. The van der Waals surface area contributed by atoms with Gasteiger partial charge in [0.15, 0.2) is 18.0 Å². The van der Waals surface area contributed by atoms with Crippen molar-refractivity contribution in [2.45, 2.75) is 149 Å². The van der Waals surface area contributed by atoms with E-state index in [1.807, 2.05) is 0 Å². The molecule has 0 aromatic heterocycles. The van der Waals surface area contributed by atoms with E-state index in [4.69, 9.17) is 14.2 Å². The molecule has 0 spiro atoms. The Bertz CT molecular complexity index is 1240. The van der Waals surface area contributed by atoms with E-state index in [-0.39, 0.29) is 22.5 Å². The summed E-state index contributed by atoms with van der Waals surface area (Å²) in [5.41, 5.74) is 1.09. The summed E-state index contributed by atoms with van der Waals surface area (Å²) in [7, 11) is 0. The average Bonchev–Trinajstić information content (AvgIpc) is 3.39. The molecule has 0 aromatic carbocycles. The van der Waals surface area contributed by atoms with E-state index in [1.54, 1.807) is 0 Å². The molecule has 13 unspecified atom stereocenters. The molecule has 0 N–H and O–H groups in total. The molecule has 7 fully saturated rings. The largest absolute Gasteiger partial charge is 0.458 e. The summed E-state index contributed by atoms with van der Waals surface area (Å²) in [4.78, 5) is 49.5. The highest BCUT2D eigenvalue weighted by Gasteiger charge is 2.69. The van der Waals surface area contributed by atoms with E-state index in [9.17, 15) is 19.2 Å². The molecule has 14 atom stereocenters. The van der Waals surface area contributed by atoms with Gasteiger partial charge in [-0.25, -0.2) is 0 Å². The summed E-state index contributed by atoms with van der Waals surface area (Å²) in [6.45, 7) is 12.8. The number of hydrogen-bond donors (Lipinski definition) is 0. The van der Waals surface area contributed by atoms with E-state index in [0.29, 0.717) is 46.7 Å². The number of Topliss-reactive ketones (excluding diaryl/α,β-unsaturated/α-hetero) is 2. The molecule has 1 aliphatic heterocycles. The maximum atomic E-state index is 12.8. The van der Waals surface area contributed by atoms with E-state index < -0.39 is 42.3 Å². The van der Waals surface area contributed by atoms with Gasteiger partial charge >= 0.3 is 11.9 Å². The van der Waals surface area contributed by atoms with E-state index in [0.717, 1.165) is 19.3 Å². The second kappa shape index (κ2) is 10.4. The van der Waals surface area contributed by atoms with Crippen LogP contribution in [-0.4, -0.2) is 47.9 Å². The molecule has 244 valence electrons. The van der Waals surface area contributed by atoms with Crippen molar-refractivity contribution in [1.82, 2.24) is 0 Å². The van der Waals surface area contributed by atoms with Gasteiger partial charge in [-0.05, 0) is 116 Å². The Hall–Kier alpha value is -1.76. The van der Waals surface area contributed by atoms with Crippen molar-refractivity contribution in [2.24, 2.45) is 57.2 Å². The third-order valence-corrected chi connectivity index (χ3v) is 15.6. The zero-order valence-electron chi connectivity index (χ0n) is 27.8. The Morgan fingerprint density at radius 2 is 1.55 bits per heavy atom. The second-order valence-corrected chi connectivity index (χ2v) is 17.0. The Labute approximate surface area is 263 Å². The number of ether oxygens (including phenoxy) is 3. The molecule has 6 saturated carbocycles. The van der Waals surface area contributed by atoms with E-state index in [1.165, 1.54) is 71.6 Å². The van der Waals surface area contributed by atoms with Crippen LogP contribution in [0.5, 0.6) is 0 Å². The highest BCUT2D eigenvalue weighted by Crippen LogP contribution is 2.76. The first-order valence-electron chi connectivity index (χ1n) is 17.8. The van der Waals surface area contributed by atoms with Crippen LogP contribution in [0, 0.1) is 57.2 Å². The molecule has 7 heteroatoms. The fourth-order valence-electron chi connectivity index (χ4n) is 13.3. The lowest BCUT2D eigenvalue weighted by Crippen LogP contribution is -2.64. The van der Waals surface area contributed by atoms with Gasteiger partial charge < -0.3 is 14.2 Å². The molecular formula is C37H54O7. The molecule has 0 amide bonds. The topological polar surface area (TPSA) is 96.0 Å². The minimum Gasteiger partial charge on any atom is -0.458 e. The van der Waals surface area contributed by atoms with Crippen LogP contribution in [0.2, 0.25) is 0 Å². The summed E-state index contributed by atoms with van der Waals surface area (Å²) in [5.74, 6) is 1.80.